The van der Waals surface area contributed by atoms with Crippen molar-refractivity contribution in [3.05, 3.63) is 48.2 Å². The summed E-state index contributed by atoms with van der Waals surface area (Å²) in [4.78, 5) is 4.30. The van der Waals surface area contributed by atoms with Gasteiger partial charge in [-0.05, 0) is 31.9 Å². The van der Waals surface area contributed by atoms with Crippen molar-refractivity contribution in [1.29, 1.82) is 0 Å². The number of nitrogens with one attached hydrogen (secondary N) is 1. The number of halogens is 2. The van der Waals surface area contributed by atoms with E-state index in [1.807, 2.05) is 6.92 Å². The van der Waals surface area contributed by atoms with Crippen molar-refractivity contribution in [2.75, 3.05) is 19.5 Å². The molecule has 1 fully saturated rings. The highest BCUT2D eigenvalue weighted by molar-refractivity contribution is 5.88. The highest BCUT2D eigenvalue weighted by Crippen LogP contribution is 2.45. The van der Waals surface area contributed by atoms with E-state index in [4.69, 9.17) is 14.2 Å². The number of benzene rings is 2. The molecule has 3 aromatic rings. The van der Waals surface area contributed by atoms with Crippen molar-refractivity contribution < 1.29 is 23.0 Å². The number of hydrogen-bond acceptors (Lipinski definition) is 5. The summed E-state index contributed by atoms with van der Waals surface area (Å²) in [6.45, 7) is 2.02. The van der Waals surface area contributed by atoms with Crippen LogP contribution in [0.2, 0.25) is 0 Å². The van der Waals surface area contributed by atoms with Crippen molar-refractivity contribution in [3.8, 4) is 23.0 Å². The Hall–Kier alpha value is -3.09. The number of rotatable bonds is 6. The van der Waals surface area contributed by atoms with Crippen LogP contribution in [0.25, 0.3) is 10.9 Å². The third-order valence-corrected chi connectivity index (χ3v) is 4.80. The molecule has 0 bridgehead atoms. The van der Waals surface area contributed by atoms with E-state index in [0.717, 1.165) is 12.8 Å². The second-order valence-electron chi connectivity index (χ2n) is 7.00. The molecule has 0 spiro atoms. The molecule has 1 aliphatic rings. The van der Waals surface area contributed by atoms with Crippen LogP contribution in [0, 0.1) is 11.6 Å². The van der Waals surface area contributed by atoms with Gasteiger partial charge in [-0.1, -0.05) is 0 Å². The summed E-state index contributed by atoms with van der Waals surface area (Å²) in [6, 6.07) is 7.36. The van der Waals surface area contributed by atoms with Crippen LogP contribution in [0.3, 0.4) is 0 Å². The Morgan fingerprint density at radius 1 is 1.04 bits per heavy atom. The molecule has 5 nitrogen and oxygen atoms in total. The third kappa shape index (κ3) is 3.40. The average molecular weight is 386 g/mol. The second kappa shape index (κ2) is 6.82. The molecule has 0 aliphatic heterocycles. The molecule has 28 heavy (non-hydrogen) atoms. The van der Waals surface area contributed by atoms with Gasteiger partial charge in [-0.25, -0.2) is 8.78 Å². The summed E-state index contributed by atoms with van der Waals surface area (Å²) >= 11 is 0. The predicted octanol–water partition coefficient (Wildman–Crippen LogP) is 5.29. The number of anilines is 1. The average Bonchev–Trinajstić information content (AvgIpc) is 3.40. The molecule has 1 saturated carbocycles. The maximum absolute atomic E-state index is 14.3. The topological polar surface area (TPSA) is 52.6 Å². The van der Waals surface area contributed by atoms with Crippen molar-refractivity contribution in [2.24, 2.45) is 0 Å². The lowest BCUT2D eigenvalue weighted by Crippen LogP contribution is -2.12. The maximum atomic E-state index is 14.3. The molecule has 0 amide bonds. The van der Waals surface area contributed by atoms with E-state index in [1.165, 1.54) is 18.3 Å². The van der Waals surface area contributed by atoms with Gasteiger partial charge in [0.15, 0.2) is 28.9 Å². The lowest BCUT2D eigenvalue weighted by Gasteiger charge is -2.17. The largest absolute Gasteiger partial charge is 0.493 e. The smallest absolute Gasteiger partial charge is 0.198 e. The zero-order valence-electron chi connectivity index (χ0n) is 15.8. The molecule has 0 saturated heterocycles. The number of nitrogens with zero attached hydrogens (tertiary/aromatic N) is 1. The second-order valence-corrected chi connectivity index (χ2v) is 7.00. The number of hydrogen-bond donors (Lipinski definition) is 1. The molecule has 146 valence electrons. The quantitative estimate of drug-likeness (QED) is 0.624. The number of aromatic nitrogens is 1. The van der Waals surface area contributed by atoms with Crippen LogP contribution in [0.1, 0.15) is 19.8 Å². The molecule has 1 N–H and O–H groups in total. The number of fused-ring (bicyclic) bond motifs is 1. The van der Waals surface area contributed by atoms with Crippen LogP contribution < -0.4 is 19.5 Å². The minimum atomic E-state index is -0.801. The van der Waals surface area contributed by atoms with Gasteiger partial charge < -0.3 is 19.5 Å². The summed E-state index contributed by atoms with van der Waals surface area (Å²) in [5.74, 6) is -0.720. The fraction of sp³-hybridized carbons (Fsp3) is 0.286. The highest BCUT2D eigenvalue weighted by atomic mass is 19.1. The summed E-state index contributed by atoms with van der Waals surface area (Å²) in [5, 5.41) is 3.27. The predicted molar refractivity (Wildman–Crippen MR) is 103 cm³/mol. The first-order valence-electron chi connectivity index (χ1n) is 8.93. The molecule has 0 radical (unpaired) electrons. The van der Waals surface area contributed by atoms with Gasteiger partial charge in [0.05, 0.1) is 12.6 Å². The molecular weight excluding hydrogens is 366 g/mol. The SMILES string of the molecule is CNc1cc(F)c(Oc2ccnc3cc(OC)c(OC4(C)CC4)cc23)c(F)c1. The lowest BCUT2D eigenvalue weighted by molar-refractivity contribution is 0.191. The van der Waals surface area contributed by atoms with Crippen molar-refractivity contribution >= 4 is 16.6 Å². The van der Waals surface area contributed by atoms with E-state index in [1.54, 1.807) is 32.4 Å². The van der Waals surface area contributed by atoms with E-state index >= 15 is 0 Å². The lowest BCUT2D eigenvalue weighted by atomic mass is 10.1. The van der Waals surface area contributed by atoms with Crippen LogP contribution in [0.4, 0.5) is 14.5 Å². The molecule has 7 heteroatoms. The van der Waals surface area contributed by atoms with Crippen LogP contribution in [0.15, 0.2) is 36.5 Å². The van der Waals surface area contributed by atoms with Crippen LogP contribution >= 0.6 is 0 Å². The molecule has 0 unspecified atom stereocenters. The summed E-state index contributed by atoms with van der Waals surface area (Å²) in [6.07, 6.45) is 3.43. The Morgan fingerprint density at radius 2 is 1.75 bits per heavy atom. The molecule has 1 aliphatic carbocycles. The van der Waals surface area contributed by atoms with Gasteiger partial charge in [0.1, 0.15) is 11.4 Å². The first-order valence-corrected chi connectivity index (χ1v) is 8.93. The molecule has 1 aromatic heterocycles. The van der Waals surface area contributed by atoms with E-state index < -0.39 is 17.4 Å². The summed E-state index contributed by atoms with van der Waals surface area (Å²) in [7, 11) is 3.14. The van der Waals surface area contributed by atoms with Crippen LogP contribution in [-0.2, 0) is 0 Å². The normalized spacial score (nSPS) is 14.6. The minimum Gasteiger partial charge on any atom is -0.493 e. The fourth-order valence-electron chi connectivity index (χ4n) is 2.91. The van der Waals surface area contributed by atoms with E-state index in [0.29, 0.717) is 28.1 Å². The number of pyridine rings is 1. The molecule has 1 heterocycles. The summed E-state index contributed by atoms with van der Waals surface area (Å²) < 4.78 is 45.8. The fourth-order valence-corrected chi connectivity index (χ4v) is 2.91. The van der Waals surface area contributed by atoms with Crippen LogP contribution in [0.5, 0.6) is 23.0 Å². The van der Waals surface area contributed by atoms with Gasteiger partial charge in [0, 0.05) is 42.5 Å². The Morgan fingerprint density at radius 3 is 2.36 bits per heavy atom. The Kier molecular flexibility index (Phi) is 4.45. The zero-order chi connectivity index (χ0) is 19.9. The number of ether oxygens (including phenoxy) is 3. The van der Waals surface area contributed by atoms with Gasteiger partial charge in [-0.2, -0.15) is 0 Å². The molecular formula is C21H20F2N2O3. The monoisotopic (exact) mass is 386 g/mol. The van der Waals surface area contributed by atoms with Gasteiger partial charge in [-0.15, -0.1) is 0 Å². The van der Waals surface area contributed by atoms with Gasteiger partial charge in [0.25, 0.3) is 0 Å². The van der Waals surface area contributed by atoms with E-state index in [9.17, 15) is 8.78 Å². The Labute approximate surface area is 161 Å². The van der Waals surface area contributed by atoms with Crippen molar-refractivity contribution in [1.82, 2.24) is 4.98 Å². The first kappa shape index (κ1) is 18.3. The Bertz CT molecular complexity index is 1030. The summed E-state index contributed by atoms with van der Waals surface area (Å²) in [5.41, 5.74) is 0.668. The van der Waals surface area contributed by atoms with E-state index in [-0.39, 0.29) is 11.4 Å². The molecule has 0 atom stereocenters. The highest BCUT2D eigenvalue weighted by Gasteiger charge is 2.40. The van der Waals surface area contributed by atoms with Crippen molar-refractivity contribution in [3.63, 3.8) is 0 Å². The minimum absolute atomic E-state index is 0.217. The van der Waals surface area contributed by atoms with Crippen molar-refractivity contribution in [2.45, 2.75) is 25.4 Å². The third-order valence-electron chi connectivity index (χ3n) is 4.80. The van der Waals surface area contributed by atoms with Gasteiger partial charge in [0.2, 0.25) is 0 Å². The number of methoxy groups -OCH3 is 1. The van der Waals surface area contributed by atoms with Gasteiger partial charge in [-0.3, -0.25) is 4.98 Å². The standard InChI is InChI=1S/C21H20F2N2O3/c1-21(5-6-21)28-19-10-13-16(11-18(19)26-3)25-7-4-17(13)27-20-14(22)8-12(24-2)9-15(20)23/h4,7-11,24H,5-6H2,1-3H3. The Balaban J connectivity index is 1.78. The zero-order valence-corrected chi connectivity index (χ0v) is 15.8. The molecule has 2 aromatic carbocycles. The van der Waals surface area contributed by atoms with E-state index in [2.05, 4.69) is 10.3 Å². The van der Waals surface area contributed by atoms with Crippen LogP contribution in [-0.4, -0.2) is 24.7 Å². The first-order chi connectivity index (χ1) is 13.4. The van der Waals surface area contributed by atoms with Gasteiger partial charge >= 0.3 is 0 Å². The maximum Gasteiger partial charge on any atom is 0.198 e. The molecule has 4 rings (SSSR count).